The summed E-state index contributed by atoms with van der Waals surface area (Å²) < 4.78 is 6.52. The fraction of sp³-hybridized carbons (Fsp3) is 0.0545. The fourth-order valence-corrected chi connectivity index (χ4v) is 9.88. The van der Waals surface area contributed by atoms with Gasteiger partial charge in [0.25, 0.3) is 0 Å². The van der Waals surface area contributed by atoms with Crippen molar-refractivity contribution in [2.45, 2.75) is 19.3 Å². The summed E-state index contributed by atoms with van der Waals surface area (Å²) in [5, 5.41) is 12.3. The van der Waals surface area contributed by atoms with Gasteiger partial charge in [-0.15, -0.1) is 0 Å². The van der Waals surface area contributed by atoms with Gasteiger partial charge in [0.2, 0.25) is 0 Å². The summed E-state index contributed by atoms with van der Waals surface area (Å²) in [6, 6.07) is 67.3. The smallest absolute Gasteiger partial charge is 0.143 e. The van der Waals surface area contributed by atoms with E-state index in [2.05, 4.69) is 190 Å². The Hall–Kier alpha value is -6.96. The van der Waals surface area contributed by atoms with Crippen LogP contribution in [-0.2, 0) is 5.41 Å². The second-order valence-corrected chi connectivity index (χ2v) is 16.0. The van der Waals surface area contributed by atoms with Crippen molar-refractivity contribution in [2.24, 2.45) is 0 Å². The Kier molecular flexibility index (Phi) is 6.46. The number of benzene rings is 10. The van der Waals surface area contributed by atoms with Gasteiger partial charge in [0.15, 0.2) is 0 Å². The minimum Gasteiger partial charge on any atom is -0.455 e. The lowest BCUT2D eigenvalue weighted by Gasteiger charge is -2.22. The third-order valence-electron chi connectivity index (χ3n) is 12.6. The molecule has 0 radical (unpaired) electrons. The minimum absolute atomic E-state index is 0.157. The first-order valence-corrected chi connectivity index (χ1v) is 19.6. The van der Waals surface area contributed by atoms with E-state index in [9.17, 15) is 0 Å². The predicted molar refractivity (Wildman–Crippen MR) is 238 cm³/mol. The molecular formula is C55H36O. The number of para-hydroxylation sites is 1. The van der Waals surface area contributed by atoms with E-state index in [0.29, 0.717) is 0 Å². The molecule has 0 amide bonds. The van der Waals surface area contributed by atoms with E-state index in [-0.39, 0.29) is 5.41 Å². The van der Waals surface area contributed by atoms with Crippen molar-refractivity contribution < 1.29 is 4.42 Å². The van der Waals surface area contributed by atoms with E-state index in [0.717, 1.165) is 11.2 Å². The minimum atomic E-state index is -0.157. The van der Waals surface area contributed by atoms with E-state index < -0.39 is 0 Å². The lowest BCUT2D eigenvalue weighted by Crippen LogP contribution is -2.14. The van der Waals surface area contributed by atoms with Crippen LogP contribution in [0.5, 0.6) is 0 Å². The molecule has 0 fully saturated rings. The van der Waals surface area contributed by atoms with E-state index in [4.69, 9.17) is 4.42 Å². The number of furan rings is 1. The van der Waals surface area contributed by atoms with E-state index >= 15 is 0 Å². The van der Waals surface area contributed by atoms with E-state index in [1.54, 1.807) is 0 Å². The zero-order valence-corrected chi connectivity index (χ0v) is 31.2. The molecule has 0 bridgehead atoms. The third-order valence-corrected chi connectivity index (χ3v) is 12.6. The van der Waals surface area contributed by atoms with Crippen molar-refractivity contribution in [2.75, 3.05) is 0 Å². The van der Waals surface area contributed by atoms with E-state index in [1.807, 2.05) is 6.07 Å². The summed E-state index contributed by atoms with van der Waals surface area (Å²) in [5.74, 6) is 0. The third kappa shape index (κ3) is 4.43. The van der Waals surface area contributed by atoms with Gasteiger partial charge >= 0.3 is 0 Å². The highest BCUT2D eigenvalue weighted by molar-refractivity contribution is 6.22. The molecule has 1 heteroatoms. The Morgan fingerprint density at radius 1 is 0.339 bits per heavy atom. The molecule has 0 unspecified atom stereocenters. The number of hydrogen-bond acceptors (Lipinski definition) is 1. The van der Waals surface area contributed by atoms with Crippen molar-refractivity contribution in [1.29, 1.82) is 0 Å². The highest BCUT2D eigenvalue weighted by Crippen LogP contribution is 2.53. The zero-order chi connectivity index (χ0) is 37.1. The molecule has 262 valence electrons. The number of rotatable bonds is 3. The van der Waals surface area contributed by atoms with Gasteiger partial charge in [-0.3, -0.25) is 0 Å². The van der Waals surface area contributed by atoms with Crippen LogP contribution in [0.15, 0.2) is 186 Å². The highest BCUT2D eigenvalue weighted by atomic mass is 16.3. The van der Waals surface area contributed by atoms with Crippen LogP contribution in [0.4, 0.5) is 0 Å². The summed E-state index contributed by atoms with van der Waals surface area (Å²) in [5.41, 5.74) is 14.6. The van der Waals surface area contributed by atoms with Crippen LogP contribution in [0.3, 0.4) is 0 Å². The van der Waals surface area contributed by atoms with Gasteiger partial charge in [-0.25, -0.2) is 0 Å². The summed E-state index contributed by atoms with van der Waals surface area (Å²) in [4.78, 5) is 0. The summed E-state index contributed by atoms with van der Waals surface area (Å²) in [7, 11) is 0. The molecule has 1 aromatic heterocycles. The first-order valence-electron chi connectivity index (χ1n) is 19.6. The lowest BCUT2D eigenvalue weighted by atomic mass is 9.81. The maximum Gasteiger partial charge on any atom is 0.143 e. The summed E-state index contributed by atoms with van der Waals surface area (Å²) in [6.07, 6.45) is 0. The van der Waals surface area contributed by atoms with Crippen LogP contribution in [-0.4, -0.2) is 0 Å². The molecular weight excluding hydrogens is 677 g/mol. The Balaban J connectivity index is 1.05. The molecule has 56 heavy (non-hydrogen) atoms. The molecule has 0 saturated heterocycles. The fourth-order valence-electron chi connectivity index (χ4n) is 9.88. The summed E-state index contributed by atoms with van der Waals surface area (Å²) >= 11 is 0. The van der Waals surface area contributed by atoms with Crippen molar-refractivity contribution in [3.05, 3.63) is 193 Å². The van der Waals surface area contributed by atoms with Gasteiger partial charge in [0.05, 0.1) is 0 Å². The van der Waals surface area contributed by atoms with Crippen LogP contribution < -0.4 is 0 Å². The van der Waals surface area contributed by atoms with Gasteiger partial charge < -0.3 is 4.42 Å². The number of fused-ring (bicyclic) bond motifs is 11. The molecule has 1 aliphatic rings. The standard InChI is InChI=1S/C55H36O/c1-55(2)49-27-25-39(31-47(49)48-30-37-24-26-45-40-16-9-10-21-51(40)56-54(45)46(37)32-50(48)55)53-43-19-7-5-17-41(43)52(42-18-6-8-20-44(42)53)38-15-11-14-35(29-38)36-23-22-33-12-3-4-13-34(33)28-36/h3-32H,1-2H3. The number of hydrogen-bond donors (Lipinski definition) is 0. The molecule has 0 N–H and O–H groups in total. The van der Waals surface area contributed by atoms with Crippen molar-refractivity contribution in [1.82, 2.24) is 0 Å². The van der Waals surface area contributed by atoms with Crippen LogP contribution in [0.2, 0.25) is 0 Å². The average molecular weight is 713 g/mol. The summed E-state index contributed by atoms with van der Waals surface area (Å²) in [6.45, 7) is 4.74. The molecule has 1 nitrogen and oxygen atoms in total. The predicted octanol–water partition coefficient (Wildman–Crippen LogP) is 15.5. The first-order chi connectivity index (χ1) is 27.5. The maximum absolute atomic E-state index is 6.52. The maximum atomic E-state index is 6.52. The Morgan fingerprint density at radius 2 is 0.911 bits per heavy atom. The van der Waals surface area contributed by atoms with E-state index in [1.165, 1.54) is 109 Å². The van der Waals surface area contributed by atoms with Gasteiger partial charge in [0.1, 0.15) is 11.2 Å². The van der Waals surface area contributed by atoms with Gasteiger partial charge in [0, 0.05) is 21.6 Å². The Labute approximate surface area is 325 Å². The molecule has 0 aliphatic heterocycles. The normalized spacial score (nSPS) is 13.3. The molecule has 11 aromatic rings. The first kappa shape index (κ1) is 31.4. The molecule has 0 spiro atoms. The van der Waals surface area contributed by atoms with Crippen LogP contribution in [0, 0.1) is 0 Å². The second-order valence-electron chi connectivity index (χ2n) is 16.0. The van der Waals surface area contributed by atoms with Gasteiger partial charge in [-0.2, -0.15) is 0 Å². The van der Waals surface area contributed by atoms with Crippen LogP contribution in [0.25, 0.3) is 110 Å². The quantitative estimate of drug-likeness (QED) is 0.166. The van der Waals surface area contributed by atoms with Crippen molar-refractivity contribution in [3.8, 4) is 44.5 Å². The van der Waals surface area contributed by atoms with Crippen molar-refractivity contribution in [3.63, 3.8) is 0 Å². The highest BCUT2D eigenvalue weighted by Gasteiger charge is 2.36. The lowest BCUT2D eigenvalue weighted by molar-refractivity contribution is 0.660. The molecule has 0 saturated carbocycles. The van der Waals surface area contributed by atoms with Gasteiger partial charge in [-0.1, -0.05) is 153 Å². The van der Waals surface area contributed by atoms with Gasteiger partial charge in [-0.05, 0) is 136 Å². The largest absolute Gasteiger partial charge is 0.455 e. The second kappa shape index (κ2) is 11.5. The van der Waals surface area contributed by atoms with Crippen molar-refractivity contribution >= 4 is 65.0 Å². The molecule has 0 atom stereocenters. The molecule has 10 aromatic carbocycles. The topological polar surface area (TPSA) is 13.1 Å². The Morgan fingerprint density at radius 3 is 1.66 bits per heavy atom. The molecule has 1 aliphatic carbocycles. The SMILES string of the molecule is CC1(C)c2ccc(-c3c4ccccc4c(-c4cccc(-c5ccc6ccccc6c5)c4)c4ccccc34)cc2-c2cc3ccc4c5ccccc5oc4c3cc21. The van der Waals surface area contributed by atoms with Crippen LogP contribution >= 0.6 is 0 Å². The monoisotopic (exact) mass is 712 g/mol. The average Bonchev–Trinajstić information content (AvgIpc) is 3.73. The molecule has 12 rings (SSSR count). The Bertz CT molecular complexity index is 3390. The molecule has 1 heterocycles. The zero-order valence-electron chi connectivity index (χ0n) is 31.2. The van der Waals surface area contributed by atoms with Crippen LogP contribution in [0.1, 0.15) is 25.0 Å².